The van der Waals surface area contributed by atoms with E-state index < -0.39 is 5.97 Å². The molecule has 1 aromatic rings. The molecule has 2 amide bonds. The number of carbonyl (C=O) groups is 3. The largest absolute Gasteiger partial charge is 0.484 e. The van der Waals surface area contributed by atoms with Crippen LogP contribution in [0.3, 0.4) is 0 Å². The fraction of sp³-hybridized carbons (Fsp3) is 0.526. The summed E-state index contributed by atoms with van der Waals surface area (Å²) in [6.07, 6.45) is 1.51. The average molecular weight is 362 g/mol. The molecular weight excluding hydrogens is 336 g/mol. The summed E-state index contributed by atoms with van der Waals surface area (Å²) in [5.41, 5.74) is 0. The first-order valence-corrected chi connectivity index (χ1v) is 8.91. The fourth-order valence-corrected chi connectivity index (χ4v) is 2.96. The second-order valence-corrected chi connectivity index (χ2v) is 6.73. The van der Waals surface area contributed by atoms with Gasteiger partial charge in [0.15, 0.2) is 6.61 Å². The predicted octanol–water partition coefficient (Wildman–Crippen LogP) is 1.53. The molecule has 2 rings (SSSR count). The fourth-order valence-electron chi connectivity index (χ4n) is 2.96. The molecular formula is C19H26N2O5. The molecule has 1 aliphatic heterocycles. The zero-order valence-corrected chi connectivity index (χ0v) is 15.0. The molecule has 0 radical (unpaired) electrons. The molecule has 0 aliphatic carbocycles. The van der Waals surface area contributed by atoms with Crippen molar-refractivity contribution in [1.82, 2.24) is 10.2 Å². The highest BCUT2D eigenvalue weighted by Crippen LogP contribution is 2.17. The maximum absolute atomic E-state index is 12.3. The van der Waals surface area contributed by atoms with Crippen molar-refractivity contribution < 1.29 is 24.2 Å². The molecule has 7 nitrogen and oxygen atoms in total. The number of piperidine rings is 1. The van der Waals surface area contributed by atoms with Crippen LogP contribution < -0.4 is 10.1 Å². The van der Waals surface area contributed by atoms with Crippen molar-refractivity contribution in [2.45, 2.75) is 26.2 Å². The van der Waals surface area contributed by atoms with Crippen molar-refractivity contribution in [2.75, 3.05) is 26.2 Å². The Morgan fingerprint density at radius 3 is 2.73 bits per heavy atom. The summed E-state index contributed by atoms with van der Waals surface area (Å²) in [5, 5.41) is 11.6. The maximum atomic E-state index is 12.3. The summed E-state index contributed by atoms with van der Waals surface area (Å²) < 4.78 is 5.49. The van der Waals surface area contributed by atoms with E-state index in [2.05, 4.69) is 5.32 Å². The standard InChI is InChI=1S/C19H26N2O5/c1-14(10-18(23)24)11-20-19(25)15-6-5-9-21(12-15)17(22)13-26-16-7-3-2-4-8-16/h2-4,7-8,14-15H,5-6,9-13H2,1H3,(H,20,25)(H,23,24). The monoisotopic (exact) mass is 362 g/mol. The molecule has 1 fully saturated rings. The third-order valence-electron chi connectivity index (χ3n) is 4.40. The van der Waals surface area contributed by atoms with Gasteiger partial charge in [-0.3, -0.25) is 14.4 Å². The van der Waals surface area contributed by atoms with Gasteiger partial charge in [-0.25, -0.2) is 0 Å². The van der Waals surface area contributed by atoms with Crippen LogP contribution in [0.15, 0.2) is 30.3 Å². The van der Waals surface area contributed by atoms with Gasteiger partial charge in [0.2, 0.25) is 5.91 Å². The van der Waals surface area contributed by atoms with Crippen LogP contribution in [0, 0.1) is 11.8 Å². The van der Waals surface area contributed by atoms with Crippen LogP contribution in [0.1, 0.15) is 26.2 Å². The van der Waals surface area contributed by atoms with Gasteiger partial charge in [0.1, 0.15) is 5.75 Å². The van der Waals surface area contributed by atoms with E-state index in [1.54, 1.807) is 24.0 Å². The lowest BCUT2D eigenvalue weighted by Gasteiger charge is -2.32. The average Bonchev–Trinajstić information content (AvgIpc) is 2.64. The molecule has 142 valence electrons. The number of ether oxygens (including phenoxy) is 1. The van der Waals surface area contributed by atoms with E-state index in [0.717, 1.165) is 12.8 Å². The highest BCUT2D eigenvalue weighted by molar-refractivity contribution is 5.82. The number of nitrogens with zero attached hydrogens (tertiary/aromatic N) is 1. The topological polar surface area (TPSA) is 95.9 Å². The van der Waals surface area contributed by atoms with Gasteiger partial charge in [-0.2, -0.15) is 0 Å². The first-order chi connectivity index (χ1) is 12.5. The van der Waals surface area contributed by atoms with Crippen molar-refractivity contribution >= 4 is 17.8 Å². The van der Waals surface area contributed by atoms with Gasteiger partial charge in [-0.1, -0.05) is 25.1 Å². The van der Waals surface area contributed by atoms with Gasteiger partial charge < -0.3 is 20.1 Å². The summed E-state index contributed by atoms with van der Waals surface area (Å²) in [4.78, 5) is 37.0. The molecule has 2 N–H and O–H groups in total. The van der Waals surface area contributed by atoms with Gasteiger partial charge >= 0.3 is 5.97 Å². The third-order valence-corrected chi connectivity index (χ3v) is 4.40. The number of hydrogen-bond donors (Lipinski definition) is 2. The molecule has 0 saturated carbocycles. The number of amides is 2. The van der Waals surface area contributed by atoms with Gasteiger partial charge in [-0.05, 0) is 30.9 Å². The molecule has 1 heterocycles. The zero-order chi connectivity index (χ0) is 18.9. The number of aliphatic carboxylic acids is 1. The Balaban J connectivity index is 1.77. The Labute approximate surface area is 153 Å². The SMILES string of the molecule is CC(CNC(=O)C1CCCN(C(=O)COc2ccccc2)C1)CC(=O)O. The Kier molecular flexibility index (Phi) is 7.44. The lowest BCUT2D eigenvalue weighted by Crippen LogP contribution is -2.47. The normalized spacial score (nSPS) is 18.0. The molecule has 1 aliphatic rings. The van der Waals surface area contributed by atoms with Gasteiger partial charge in [0.05, 0.1) is 5.92 Å². The van der Waals surface area contributed by atoms with Gasteiger partial charge in [0.25, 0.3) is 5.91 Å². The molecule has 1 aromatic carbocycles. The van der Waals surface area contributed by atoms with Crippen LogP contribution in [-0.4, -0.2) is 54.0 Å². The van der Waals surface area contributed by atoms with E-state index in [1.807, 2.05) is 18.2 Å². The number of carboxylic acids is 1. The highest BCUT2D eigenvalue weighted by Gasteiger charge is 2.28. The van der Waals surface area contributed by atoms with Crippen molar-refractivity contribution in [3.05, 3.63) is 30.3 Å². The van der Waals surface area contributed by atoms with Crippen molar-refractivity contribution in [3.8, 4) is 5.75 Å². The van der Waals surface area contributed by atoms with Gasteiger partial charge in [-0.15, -0.1) is 0 Å². The Morgan fingerprint density at radius 2 is 2.04 bits per heavy atom. The lowest BCUT2D eigenvalue weighted by atomic mass is 9.96. The minimum atomic E-state index is -0.875. The first-order valence-electron chi connectivity index (χ1n) is 8.91. The molecule has 2 unspecified atom stereocenters. The molecule has 0 bridgehead atoms. The Hall–Kier alpha value is -2.57. The zero-order valence-electron chi connectivity index (χ0n) is 15.0. The van der Waals surface area contributed by atoms with E-state index in [4.69, 9.17) is 9.84 Å². The maximum Gasteiger partial charge on any atom is 0.303 e. The lowest BCUT2D eigenvalue weighted by molar-refractivity contribution is -0.139. The van der Waals surface area contributed by atoms with E-state index in [9.17, 15) is 14.4 Å². The smallest absolute Gasteiger partial charge is 0.303 e. The molecule has 1 saturated heterocycles. The van der Waals surface area contributed by atoms with Crippen molar-refractivity contribution in [2.24, 2.45) is 11.8 Å². The Morgan fingerprint density at radius 1 is 1.31 bits per heavy atom. The summed E-state index contributed by atoms with van der Waals surface area (Å²) >= 11 is 0. The quantitative estimate of drug-likeness (QED) is 0.731. The summed E-state index contributed by atoms with van der Waals surface area (Å²) in [5.74, 6) is -0.882. The summed E-state index contributed by atoms with van der Waals surface area (Å²) in [7, 11) is 0. The van der Waals surface area contributed by atoms with Crippen molar-refractivity contribution in [1.29, 1.82) is 0 Å². The van der Waals surface area contributed by atoms with Gasteiger partial charge in [0, 0.05) is 26.1 Å². The third kappa shape index (κ3) is 6.38. The molecule has 26 heavy (non-hydrogen) atoms. The molecule has 7 heteroatoms. The van der Waals surface area contributed by atoms with Crippen LogP contribution in [0.25, 0.3) is 0 Å². The number of carbonyl (C=O) groups excluding carboxylic acids is 2. The van der Waals surface area contributed by atoms with E-state index in [0.29, 0.717) is 25.4 Å². The Bertz CT molecular complexity index is 620. The van der Waals surface area contributed by atoms with E-state index >= 15 is 0 Å². The highest BCUT2D eigenvalue weighted by atomic mass is 16.5. The number of benzene rings is 1. The van der Waals surface area contributed by atoms with E-state index in [1.165, 1.54) is 0 Å². The number of carboxylic acid groups (broad SMARTS) is 1. The van der Waals surface area contributed by atoms with Crippen molar-refractivity contribution in [3.63, 3.8) is 0 Å². The van der Waals surface area contributed by atoms with Crippen LogP contribution in [0.5, 0.6) is 5.75 Å². The minimum Gasteiger partial charge on any atom is -0.484 e. The number of rotatable bonds is 8. The number of nitrogens with one attached hydrogen (secondary N) is 1. The molecule has 0 spiro atoms. The second-order valence-electron chi connectivity index (χ2n) is 6.73. The first kappa shape index (κ1) is 19.8. The second kappa shape index (κ2) is 9.79. The summed E-state index contributed by atoms with van der Waals surface area (Å²) in [6, 6.07) is 9.13. The molecule has 2 atom stereocenters. The number of likely N-dealkylation sites (tertiary alicyclic amines) is 1. The van der Waals surface area contributed by atoms with Crippen LogP contribution in [0.2, 0.25) is 0 Å². The summed E-state index contributed by atoms with van der Waals surface area (Å²) in [6.45, 7) is 3.05. The number of para-hydroxylation sites is 1. The van der Waals surface area contributed by atoms with Crippen LogP contribution in [-0.2, 0) is 14.4 Å². The number of hydrogen-bond acceptors (Lipinski definition) is 4. The van der Waals surface area contributed by atoms with Crippen LogP contribution >= 0.6 is 0 Å². The predicted molar refractivity (Wildman–Crippen MR) is 95.7 cm³/mol. The van der Waals surface area contributed by atoms with E-state index in [-0.39, 0.29) is 36.7 Å². The molecule has 0 aromatic heterocycles. The van der Waals surface area contributed by atoms with Crippen LogP contribution in [0.4, 0.5) is 0 Å². The minimum absolute atomic E-state index is 0.0202.